The van der Waals surface area contributed by atoms with Crippen LogP contribution in [0.1, 0.15) is 0 Å². The van der Waals surface area contributed by atoms with Crippen LogP contribution in [0.25, 0.3) is 11.4 Å². The molecule has 0 saturated heterocycles. The van der Waals surface area contributed by atoms with Gasteiger partial charge in [0.25, 0.3) is 0 Å². The lowest BCUT2D eigenvalue weighted by Crippen LogP contribution is -1.80. The number of hydrogen-bond acceptors (Lipinski definition) is 3. The first-order chi connectivity index (χ1) is 6.66. The highest BCUT2D eigenvalue weighted by atomic mass is 79.9. The van der Waals surface area contributed by atoms with E-state index in [-0.39, 0.29) is 0 Å². The molecule has 1 heterocycles. The SMILES string of the molecule is Clc1ccc(-c2nsc(Br)n2)cc1Cl. The van der Waals surface area contributed by atoms with Crippen molar-refractivity contribution in [2.24, 2.45) is 0 Å². The van der Waals surface area contributed by atoms with Crippen LogP contribution >= 0.6 is 50.7 Å². The molecular weight excluding hydrogens is 307 g/mol. The van der Waals surface area contributed by atoms with Crippen molar-refractivity contribution in [2.75, 3.05) is 0 Å². The second-order valence-electron chi connectivity index (χ2n) is 2.50. The van der Waals surface area contributed by atoms with E-state index in [4.69, 9.17) is 23.2 Å². The Morgan fingerprint density at radius 3 is 2.57 bits per heavy atom. The average Bonchev–Trinajstić information content (AvgIpc) is 2.57. The van der Waals surface area contributed by atoms with Gasteiger partial charge in [-0.2, -0.15) is 4.37 Å². The van der Waals surface area contributed by atoms with Gasteiger partial charge in [0.2, 0.25) is 0 Å². The van der Waals surface area contributed by atoms with E-state index in [1.165, 1.54) is 11.5 Å². The smallest absolute Gasteiger partial charge is 0.179 e. The number of rotatable bonds is 1. The van der Waals surface area contributed by atoms with Gasteiger partial charge in [-0.05, 0) is 45.7 Å². The highest BCUT2D eigenvalue weighted by molar-refractivity contribution is 9.11. The average molecular weight is 310 g/mol. The first-order valence-corrected chi connectivity index (χ1v) is 5.93. The second-order valence-corrected chi connectivity index (χ2v) is 5.34. The van der Waals surface area contributed by atoms with Crippen LogP contribution in [-0.4, -0.2) is 9.36 Å². The van der Waals surface area contributed by atoms with E-state index in [9.17, 15) is 0 Å². The Hall–Kier alpha value is -0.160. The molecule has 6 heteroatoms. The molecular formula is C8H3BrCl2N2S. The molecule has 0 radical (unpaired) electrons. The van der Waals surface area contributed by atoms with E-state index in [1.807, 2.05) is 6.07 Å². The summed E-state index contributed by atoms with van der Waals surface area (Å²) in [5, 5.41) is 1.04. The fraction of sp³-hybridized carbons (Fsp3) is 0. The van der Waals surface area contributed by atoms with Gasteiger partial charge in [0, 0.05) is 5.56 Å². The summed E-state index contributed by atoms with van der Waals surface area (Å²) in [6.07, 6.45) is 0. The van der Waals surface area contributed by atoms with E-state index >= 15 is 0 Å². The predicted molar refractivity (Wildman–Crippen MR) is 63.1 cm³/mol. The minimum atomic E-state index is 0.509. The number of nitrogens with zero attached hydrogens (tertiary/aromatic N) is 2. The lowest BCUT2D eigenvalue weighted by molar-refractivity contribution is 1.30. The van der Waals surface area contributed by atoms with Gasteiger partial charge in [-0.15, -0.1) is 0 Å². The molecule has 0 aliphatic heterocycles. The van der Waals surface area contributed by atoms with Crippen LogP contribution in [0.2, 0.25) is 10.0 Å². The Kier molecular flexibility index (Phi) is 3.07. The van der Waals surface area contributed by atoms with Crippen LogP contribution in [0.4, 0.5) is 0 Å². The van der Waals surface area contributed by atoms with Gasteiger partial charge in [-0.25, -0.2) is 4.98 Å². The Bertz CT molecular complexity index is 472. The van der Waals surface area contributed by atoms with E-state index < -0.39 is 0 Å². The summed E-state index contributed by atoms with van der Waals surface area (Å²) in [7, 11) is 0. The van der Waals surface area contributed by atoms with Gasteiger partial charge in [0.1, 0.15) is 0 Å². The van der Waals surface area contributed by atoms with E-state index in [0.29, 0.717) is 15.9 Å². The predicted octanol–water partition coefficient (Wildman–Crippen LogP) is 4.27. The molecule has 1 aromatic heterocycles. The Morgan fingerprint density at radius 2 is 2.00 bits per heavy atom. The van der Waals surface area contributed by atoms with Gasteiger partial charge in [-0.3, -0.25) is 0 Å². The summed E-state index contributed by atoms with van der Waals surface area (Å²) < 4.78 is 4.89. The largest absolute Gasteiger partial charge is 0.208 e. The Balaban J connectivity index is 2.47. The summed E-state index contributed by atoms with van der Waals surface area (Å²) in [6, 6.07) is 5.31. The van der Waals surface area contributed by atoms with Crippen molar-refractivity contribution in [3.05, 3.63) is 32.2 Å². The molecule has 0 aliphatic carbocycles. The van der Waals surface area contributed by atoms with Gasteiger partial charge < -0.3 is 0 Å². The summed E-state index contributed by atoms with van der Waals surface area (Å²) in [4.78, 5) is 4.17. The van der Waals surface area contributed by atoms with Crippen molar-refractivity contribution >= 4 is 50.7 Å². The topological polar surface area (TPSA) is 25.8 Å². The molecule has 0 N–H and O–H groups in total. The molecule has 72 valence electrons. The van der Waals surface area contributed by atoms with Crippen LogP contribution in [-0.2, 0) is 0 Å². The molecule has 2 rings (SSSR count). The van der Waals surface area contributed by atoms with Crippen LogP contribution in [0.5, 0.6) is 0 Å². The van der Waals surface area contributed by atoms with E-state index in [2.05, 4.69) is 25.3 Å². The fourth-order valence-electron chi connectivity index (χ4n) is 0.957. The first-order valence-electron chi connectivity index (χ1n) is 3.61. The lowest BCUT2D eigenvalue weighted by Gasteiger charge is -1.97. The summed E-state index contributed by atoms with van der Waals surface area (Å²) in [5.74, 6) is 0.653. The summed E-state index contributed by atoms with van der Waals surface area (Å²) >= 11 is 16.2. The minimum Gasteiger partial charge on any atom is -0.208 e. The molecule has 0 amide bonds. The normalized spacial score (nSPS) is 10.5. The third kappa shape index (κ3) is 2.08. The van der Waals surface area contributed by atoms with Crippen LogP contribution in [0.15, 0.2) is 22.1 Å². The van der Waals surface area contributed by atoms with Crippen molar-refractivity contribution in [3.8, 4) is 11.4 Å². The monoisotopic (exact) mass is 308 g/mol. The quantitative estimate of drug-likeness (QED) is 0.786. The Morgan fingerprint density at radius 1 is 1.21 bits per heavy atom. The zero-order valence-corrected chi connectivity index (χ0v) is 10.6. The number of halogens is 3. The van der Waals surface area contributed by atoms with Crippen molar-refractivity contribution in [1.29, 1.82) is 0 Å². The zero-order chi connectivity index (χ0) is 10.1. The van der Waals surface area contributed by atoms with Crippen molar-refractivity contribution < 1.29 is 0 Å². The Labute approximate surface area is 103 Å². The van der Waals surface area contributed by atoms with Crippen molar-refractivity contribution in [2.45, 2.75) is 0 Å². The molecule has 2 nitrogen and oxygen atoms in total. The third-order valence-electron chi connectivity index (χ3n) is 1.58. The van der Waals surface area contributed by atoms with Crippen molar-refractivity contribution in [1.82, 2.24) is 9.36 Å². The minimum absolute atomic E-state index is 0.509. The molecule has 0 aliphatic rings. The fourth-order valence-corrected chi connectivity index (χ4v) is 2.08. The molecule has 2 aromatic rings. The zero-order valence-electron chi connectivity index (χ0n) is 6.67. The maximum absolute atomic E-state index is 5.87. The van der Waals surface area contributed by atoms with E-state index in [0.717, 1.165) is 9.48 Å². The van der Waals surface area contributed by atoms with Gasteiger partial charge >= 0.3 is 0 Å². The van der Waals surface area contributed by atoms with E-state index in [1.54, 1.807) is 12.1 Å². The maximum Gasteiger partial charge on any atom is 0.179 e. The molecule has 0 bridgehead atoms. The molecule has 0 atom stereocenters. The highest BCUT2D eigenvalue weighted by Crippen LogP contribution is 2.28. The molecule has 0 saturated carbocycles. The summed E-state index contributed by atoms with van der Waals surface area (Å²) in [6.45, 7) is 0. The maximum atomic E-state index is 5.87. The highest BCUT2D eigenvalue weighted by Gasteiger charge is 2.06. The first kappa shape index (κ1) is 10.4. The molecule has 0 spiro atoms. The van der Waals surface area contributed by atoms with Gasteiger partial charge in [0.15, 0.2) is 9.74 Å². The number of benzene rings is 1. The molecule has 14 heavy (non-hydrogen) atoms. The second kappa shape index (κ2) is 4.14. The third-order valence-corrected chi connectivity index (χ3v) is 3.44. The van der Waals surface area contributed by atoms with Gasteiger partial charge in [-0.1, -0.05) is 23.2 Å². The number of aromatic nitrogens is 2. The van der Waals surface area contributed by atoms with Crippen LogP contribution in [0.3, 0.4) is 0 Å². The summed E-state index contributed by atoms with van der Waals surface area (Å²) in [5.41, 5.74) is 0.862. The standard InChI is InChI=1S/C8H3BrCl2N2S/c9-8-12-7(13-14-8)4-1-2-5(10)6(11)3-4/h1-3H. The van der Waals surface area contributed by atoms with Gasteiger partial charge in [0.05, 0.1) is 10.0 Å². The van der Waals surface area contributed by atoms with Crippen LogP contribution < -0.4 is 0 Å². The molecule has 0 unspecified atom stereocenters. The molecule has 0 fully saturated rings. The lowest BCUT2D eigenvalue weighted by atomic mass is 10.2. The molecule has 1 aromatic carbocycles. The van der Waals surface area contributed by atoms with Crippen molar-refractivity contribution in [3.63, 3.8) is 0 Å². The van der Waals surface area contributed by atoms with Crippen LogP contribution in [0, 0.1) is 0 Å². The number of hydrogen-bond donors (Lipinski definition) is 0.